The van der Waals surface area contributed by atoms with E-state index in [9.17, 15) is 0 Å². The van der Waals surface area contributed by atoms with Gasteiger partial charge in [-0.1, -0.05) is 45.2 Å². The molecular weight excluding hydrogens is 326 g/mol. The summed E-state index contributed by atoms with van der Waals surface area (Å²) in [7, 11) is 0. The number of hydrogen-bond donors (Lipinski definition) is 1. The molecule has 0 spiro atoms. The van der Waals surface area contributed by atoms with Gasteiger partial charge in [-0.2, -0.15) is 0 Å². The van der Waals surface area contributed by atoms with Crippen molar-refractivity contribution in [3.05, 3.63) is 57.0 Å². The highest BCUT2D eigenvalue weighted by molar-refractivity contribution is 9.10. The van der Waals surface area contributed by atoms with Crippen LogP contribution in [0.4, 0.5) is 0 Å². The molecule has 0 aliphatic heterocycles. The van der Waals surface area contributed by atoms with Gasteiger partial charge in [-0.25, -0.2) is 0 Å². The second-order valence-electron chi connectivity index (χ2n) is 4.33. The molecule has 2 aromatic carbocycles. The van der Waals surface area contributed by atoms with Crippen molar-refractivity contribution in [1.82, 2.24) is 0 Å². The summed E-state index contributed by atoms with van der Waals surface area (Å²) in [6.45, 7) is 2.64. The molecule has 100 valence electrons. The van der Waals surface area contributed by atoms with Gasteiger partial charge in [0.25, 0.3) is 0 Å². The third-order valence-electron chi connectivity index (χ3n) is 2.74. The maximum atomic E-state index is 6.14. The zero-order valence-electron chi connectivity index (χ0n) is 10.6. The molecule has 0 saturated carbocycles. The Hall–Kier alpha value is -1.03. The van der Waals surface area contributed by atoms with Gasteiger partial charge in [-0.3, -0.25) is 0 Å². The van der Waals surface area contributed by atoms with Crippen LogP contribution in [0.5, 0.6) is 11.5 Å². The fourth-order valence-corrected chi connectivity index (χ4v) is 2.33. The third-order valence-corrected chi connectivity index (χ3v) is 3.55. The first-order valence-electron chi connectivity index (χ1n) is 6.02. The molecule has 0 radical (unpaired) electrons. The topological polar surface area (TPSA) is 35.2 Å². The van der Waals surface area contributed by atoms with Gasteiger partial charge < -0.3 is 10.5 Å². The second kappa shape index (κ2) is 6.42. The Bertz CT molecular complexity index is 586. The number of hydrogen-bond acceptors (Lipinski definition) is 2. The highest BCUT2D eigenvalue weighted by Gasteiger charge is 2.08. The lowest BCUT2D eigenvalue weighted by Gasteiger charge is -2.13. The van der Waals surface area contributed by atoms with Gasteiger partial charge in [-0.15, -0.1) is 0 Å². The maximum absolute atomic E-state index is 6.14. The smallest absolute Gasteiger partial charge is 0.147 e. The number of rotatable bonds is 4. The fraction of sp³-hybridized carbons (Fsp3) is 0.200. The fourth-order valence-electron chi connectivity index (χ4n) is 1.83. The van der Waals surface area contributed by atoms with Crippen LogP contribution in [0.3, 0.4) is 0 Å². The van der Waals surface area contributed by atoms with Gasteiger partial charge >= 0.3 is 0 Å². The van der Waals surface area contributed by atoms with Crippen LogP contribution in [0.25, 0.3) is 0 Å². The Morgan fingerprint density at radius 3 is 2.68 bits per heavy atom. The normalized spacial score (nSPS) is 10.5. The van der Waals surface area contributed by atoms with Crippen LogP contribution in [0.15, 0.2) is 40.9 Å². The average Bonchev–Trinajstić information content (AvgIpc) is 2.37. The second-order valence-corrected chi connectivity index (χ2v) is 5.65. The Labute approximate surface area is 126 Å². The molecule has 0 aliphatic carbocycles. The predicted molar refractivity (Wildman–Crippen MR) is 83.2 cm³/mol. The molecule has 19 heavy (non-hydrogen) atoms. The Kier molecular flexibility index (Phi) is 4.86. The molecule has 0 atom stereocenters. The zero-order chi connectivity index (χ0) is 13.8. The molecule has 0 fully saturated rings. The zero-order valence-corrected chi connectivity index (χ0v) is 13.0. The Morgan fingerprint density at radius 1 is 1.16 bits per heavy atom. The van der Waals surface area contributed by atoms with Gasteiger partial charge in [0.2, 0.25) is 0 Å². The summed E-state index contributed by atoms with van der Waals surface area (Å²) in [6, 6.07) is 11.6. The Morgan fingerprint density at radius 2 is 1.95 bits per heavy atom. The van der Waals surface area contributed by atoms with Crippen molar-refractivity contribution in [1.29, 1.82) is 0 Å². The van der Waals surface area contributed by atoms with E-state index in [1.165, 1.54) is 5.56 Å². The Balaban J connectivity index is 2.34. The lowest BCUT2D eigenvalue weighted by Crippen LogP contribution is -2.04. The SMILES string of the molecule is Cc1ccc(Oc2cc(Br)ccc2Cl)c(CCN)c1. The molecule has 0 unspecified atom stereocenters. The molecule has 2 rings (SSSR count). The van der Waals surface area contributed by atoms with E-state index in [2.05, 4.69) is 28.9 Å². The molecular formula is C15H15BrClNO. The van der Waals surface area contributed by atoms with Gasteiger partial charge in [0.15, 0.2) is 0 Å². The first-order chi connectivity index (χ1) is 9.10. The molecule has 0 aromatic heterocycles. The van der Waals surface area contributed by atoms with Crippen molar-refractivity contribution in [3.63, 3.8) is 0 Å². The molecule has 0 amide bonds. The summed E-state index contributed by atoms with van der Waals surface area (Å²) >= 11 is 9.55. The molecule has 0 aliphatic rings. The predicted octanol–water partition coefficient (Wildman–Crippen LogP) is 4.70. The first-order valence-corrected chi connectivity index (χ1v) is 7.20. The van der Waals surface area contributed by atoms with Crippen molar-refractivity contribution in [3.8, 4) is 11.5 Å². The van der Waals surface area contributed by atoms with Crippen molar-refractivity contribution in [2.75, 3.05) is 6.54 Å². The molecule has 0 bridgehead atoms. The quantitative estimate of drug-likeness (QED) is 0.875. The number of aryl methyl sites for hydroxylation is 1. The largest absolute Gasteiger partial charge is 0.455 e. The van der Waals surface area contributed by atoms with E-state index in [1.54, 1.807) is 6.07 Å². The van der Waals surface area contributed by atoms with Crippen molar-refractivity contribution >= 4 is 27.5 Å². The van der Waals surface area contributed by atoms with Crippen LogP contribution in [0, 0.1) is 6.92 Å². The van der Waals surface area contributed by atoms with E-state index >= 15 is 0 Å². The minimum atomic E-state index is 0.586. The van der Waals surface area contributed by atoms with Gasteiger partial charge in [0.1, 0.15) is 11.5 Å². The van der Waals surface area contributed by atoms with Crippen molar-refractivity contribution < 1.29 is 4.74 Å². The summed E-state index contributed by atoms with van der Waals surface area (Å²) in [6.07, 6.45) is 0.780. The summed E-state index contributed by atoms with van der Waals surface area (Å²) in [4.78, 5) is 0. The van der Waals surface area contributed by atoms with Crippen LogP contribution in [-0.4, -0.2) is 6.54 Å². The van der Waals surface area contributed by atoms with E-state index in [1.807, 2.05) is 24.3 Å². The van der Waals surface area contributed by atoms with Crippen LogP contribution in [-0.2, 0) is 6.42 Å². The first kappa shape index (κ1) is 14.4. The number of halogens is 2. The van der Waals surface area contributed by atoms with E-state index in [4.69, 9.17) is 22.1 Å². The third kappa shape index (κ3) is 3.72. The van der Waals surface area contributed by atoms with Crippen LogP contribution < -0.4 is 10.5 Å². The number of ether oxygens (including phenoxy) is 1. The van der Waals surface area contributed by atoms with Gasteiger partial charge in [0.05, 0.1) is 5.02 Å². The molecule has 2 nitrogen and oxygen atoms in total. The monoisotopic (exact) mass is 339 g/mol. The highest BCUT2D eigenvalue weighted by Crippen LogP contribution is 2.33. The van der Waals surface area contributed by atoms with Gasteiger partial charge in [-0.05, 0) is 49.7 Å². The summed E-state index contributed by atoms with van der Waals surface area (Å²) in [5.41, 5.74) is 7.92. The van der Waals surface area contributed by atoms with Crippen LogP contribution in [0.1, 0.15) is 11.1 Å². The average molecular weight is 341 g/mol. The minimum absolute atomic E-state index is 0.586. The molecule has 0 saturated heterocycles. The highest BCUT2D eigenvalue weighted by atomic mass is 79.9. The molecule has 4 heteroatoms. The molecule has 0 heterocycles. The minimum Gasteiger partial charge on any atom is -0.455 e. The van der Waals surface area contributed by atoms with E-state index < -0.39 is 0 Å². The van der Waals surface area contributed by atoms with E-state index in [0.29, 0.717) is 17.3 Å². The van der Waals surface area contributed by atoms with E-state index in [0.717, 1.165) is 22.2 Å². The van der Waals surface area contributed by atoms with Crippen LogP contribution in [0.2, 0.25) is 5.02 Å². The number of nitrogens with two attached hydrogens (primary N) is 1. The summed E-state index contributed by atoms with van der Waals surface area (Å²) in [5.74, 6) is 1.44. The maximum Gasteiger partial charge on any atom is 0.147 e. The van der Waals surface area contributed by atoms with E-state index in [-0.39, 0.29) is 0 Å². The molecule has 2 N–H and O–H groups in total. The molecule has 2 aromatic rings. The van der Waals surface area contributed by atoms with Crippen LogP contribution >= 0.6 is 27.5 Å². The lowest BCUT2D eigenvalue weighted by molar-refractivity contribution is 0.476. The standard InChI is InChI=1S/C15H15BrClNO/c1-10-2-5-14(11(8-10)6-7-18)19-15-9-12(16)3-4-13(15)17/h2-5,8-9H,6-7,18H2,1H3. The van der Waals surface area contributed by atoms with Crippen molar-refractivity contribution in [2.24, 2.45) is 5.73 Å². The van der Waals surface area contributed by atoms with Crippen molar-refractivity contribution in [2.45, 2.75) is 13.3 Å². The number of benzene rings is 2. The summed E-state index contributed by atoms with van der Waals surface area (Å²) in [5, 5.41) is 0.586. The lowest BCUT2D eigenvalue weighted by atomic mass is 10.1. The summed E-state index contributed by atoms with van der Waals surface area (Å²) < 4.78 is 6.84. The van der Waals surface area contributed by atoms with Gasteiger partial charge in [0, 0.05) is 4.47 Å².